The van der Waals surface area contributed by atoms with E-state index in [0.29, 0.717) is 6.42 Å². The maximum absolute atomic E-state index is 9.45. The first kappa shape index (κ1) is 15.7. The smallest absolute Gasteiger partial charge is 0.0732 e. The van der Waals surface area contributed by atoms with Crippen LogP contribution in [0.2, 0.25) is 0 Å². The third-order valence-corrected chi connectivity index (χ3v) is 4.43. The normalized spacial score (nSPS) is 11.0. The van der Waals surface area contributed by atoms with Crippen molar-refractivity contribution in [3.05, 3.63) is 60.2 Å². The van der Waals surface area contributed by atoms with Gasteiger partial charge in [0.25, 0.3) is 0 Å². The highest BCUT2D eigenvalue weighted by atomic mass is 79.9. The van der Waals surface area contributed by atoms with Crippen molar-refractivity contribution in [3.8, 4) is 16.8 Å². The van der Waals surface area contributed by atoms with E-state index in [2.05, 4.69) is 50.9 Å². The summed E-state index contributed by atoms with van der Waals surface area (Å²) in [5.74, 6) is 2.84. The summed E-state index contributed by atoms with van der Waals surface area (Å²) in [7, 11) is 0. The van der Waals surface area contributed by atoms with Crippen LogP contribution in [0.15, 0.2) is 64.4 Å². The van der Waals surface area contributed by atoms with Gasteiger partial charge in [-0.05, 0) is 35.0 Å². The minimum Gasteiger partial charge on any atom is -0.198 e. The Hall–Kier alpha value is -1.68. The average molecular weight is 356 g/mol. The Bertz CT molecular complexity index is 680. The topological polar surface area (TPSA) is 23.8 Å². The monoisotopic (exact) mass is 355 g/mol. The second-order valence-electron chi connectivity index (χ2n) is 4.44. The molecule has 0 aliphatic carbocycles. The van der Waals surface area contributed by atoms with E-state index in [-0.39, 0.29) is 5.92 Å². The largest absolute Gasteiger partial charge is 0.198 e. The molecule has 1 nitrogen and oxygen atoms in total. The number of nitrogens with zero attached hydrogens (tertiary/aromatic N) is 1. The van der Waals surface area contributed by atoms with E-state index < -0.39 is 0 Å². The van der Waals surface area contributed by atoms with Crippen LogP contribution < -0.4 is 0 Å². The molecule has 21 heavy (non-hydrogen) atoms. The summed E-state index contributed by atoms with van der Waals surface area (Å²) in [5, 5.41) is 9.45. The Morgan fingerprint density at radius 2 is 1.76 bits per heavy atom. The predicted molar refractivity (Wildman–Crippen MR) is 91.3 cm³/mol. The zero-order valence-corrected chi connectivity index (χ0v) is 13.8. The van der Waals surface area contributed by atoms with Crippen molar-refractivity contribution < 1.29 is 0 Å². The van der Waals surface area contributed by atoms with Crippen molar-refractivity contribution in [3.63, 3.8) is 0 Å². The molecule has 3 heteroatoms. The van der Waals surface area contributed by atoms with Crippen LogP contribution in [-0.2, 0) is 0 Å². The van der Waals surface area contributed by atoms with Crippen LogP contribution in [0.25, 0.3) is 0 Å². The standard InChI is InChI=1S/C18H14BrNS/c19-13-7-6-8-15(14-20)17-11-4-5-12-18(17)21-16-9-2-1-3-10-16/h1-5,9-12,15H,6,8H2. The van der Waals surface area contributed by atoms with Gasteiger partial charge in [0.2, 0.25) is 0 Å². The quantitative estimate of drug-likeness (QED) is 0.653. The molecule has 0 fully saturated rings. The van der Waals surface area contributed by atoms with Gasteiger partial charge in [0.1, 0.15) is 0 Å². The molecule has 0 amide bonds. The number of rotatable bonds is 5. The second kappa shape index (κ2) is 8.57. The maximum atomic E-state index is 9.45. The third-order valence-electron chi connectivity index (χ3n) is 3.05. The lowest BCUT2D eigenvalue weighted by Gasteiger charge is -2.13. The fourth-order valence-corrected chi connectivity index (χ4v) is 3.25. The average Bonchev–Trinajstić information content (AvgIpc) is 2.54. The van der Waals surface area contributed by atoms with Crippen molar-refractivity contribution in [2.45, 2.75) is 28.6 Å². The first-order valence-electron chi connectivity index (χ1n) is 6.65. The molecule has 0 aliphatic rings. The van der Waals surface area contributed by atoms with Gasteiger partial charge in [-0.25, -0.2) is 0 Å². The number of halogens is 1. The molecule has 0 radical (unpaired) electrons. The first-order chi connectivity index (χ1) is 10.3. The molecule has 2 rings (SSSR count). The van der Waals surface area contributed by atoms with Crippen LogP contribution in [0.1, 0.15) is 24.3 Å². The van der Waals surface area contributed by atoms with E-state index in [4.69, 9.17) is 0 Å². The molecule has 2 aromatic rings. The van der Waals surface area contributed by atoms with E-state index in [0.717, 1.165) is 16.9 Å². The first-order valence-corrected chi connectivity index (χ1v) is 8.26. The highest BCUT2D eigenvalue weighted by molar-refractivity contribution is 9.12. The van der Waals surface area contributed by atoms with Crippen LogP contribution >= 0.6 is 27.7 Å². The van der Waals surface area contributed by atoms with Crippen LogP contribution in [0.5, 0.6) is 0 Å². The molecule has 0 N–H and O–H groups in total. The van der Waals surface area contributed by atoms with Gasteiger partial charge in [-0.15, -0.1) is 0 Å². The molecular weight excluding hydrogens is 342 g/mol. The fourth-order valence-electron chi connectivity index (χ4n) is 2.03. The molecule has 104 valence electrons. The Kier molecular flexibility index (Phi) is 6.41. The summed E-state index contributed by atoms with van der Waals surface area (Å²) in [6, 6.07) is 20.8. The summed E-state index contributed by atoms with van der Waals surface area (Å²) >= 11 is 4.79. The molecule has 0 saturated heterocycles. The van der Waals surface area contributed by atoms with E-state index in [9.17, 15) is 5.26 Å². The van der Waals surface area contributed by atoms with E-state index in [1.807, 2.05) is 36.4 Å². The molecule has 0 bridgehead atoms. The second-order valence-corrected chi connectivity index (χ2v) is 5.96. The lowest BCUT2D eigenvalue weighted by atomic mass is 9.96. The summed E-state index contributed by atoms with van der Waals surface area (Å²) in [6.45, 7) is 0. The minimum absolute atomic E-state index is 0.120. The Morgan fingerprint density at radius 3 is 2.48 bits per heavy atom. The minimum atomic E-state index is -0.120. The van der Waals surface area contributed by atoms with Crippen LogP contribution in [0, 0.1) is 22.1 Å². The predicted octanol–water partition coefficient (Wildman–Crippen LogP) is 5.58. The van der Waals surface area contributed by atoms with Crippen molar-refractivity contribution in [1.29, 1.82) is 5.26 Å². The third kappa shape index (κ3) is 4.67. The maximum Gasteiger partial charge on any atom is 0.0732 e. The van der Waals surface area contributed by atoms with Gasteiger partial charge < -0.3 is 0 Å². The number of nitriles is 1. The van der Waals surface area contributed by atoms with E-state index >= 15 is 0 Å². The Labute approximate surface area is 138 Å². The van der Waals surface area contributed by atoms with Crippen molar-refractivity contribution >= 4 is 27.7 Å². The zero-order chi connectivity index (χ0) is 14.9. The van der Waals surface area contributed by atoms with Gasteiger partial charge in [-0.2, -0.15) is 5.26 Å². The summed E-state index contributed by atoms with van der Waals surface area (Å²) in [5.41, 5.74) is 1.09. The van der Waals surface area contributed by atoms with Crippen molar-refractivity contribution in [2.75, 3.05) is 0 Å². The van der Waals surface area contributed by atoms with Crippen molar-refractivity contribution in [1.82, 2.24) is 0 Å². The van der Waals surface area contributed by atoms with Gasteiger partial charge in [-0.3, -0.25) is 0 Å². The van der Waals surface area contributed by atoms with Crippen LogP contribution in [0.4, 0.5) is 0 Å². The summed E-state index contributed by atoms with van der Waals surface area (Å²) in [6.07, 6.45) is 1.47. The Balaban J connectivity index is 2.22. The number of hydrogen-bond donors (Lipinski definition) is 0. The molecule has 2 aromatic carbocycles. The molecule has 0 aromatic heterocycles. The molecule has 1 atom stereocenters. The van der Waals surface area contributed by atoms with Gasteiger partial charge in [0.05, 0.1) is 12.0 Å². The van der Waals surface area contributed by atoms with E-state index in [1.165, 1.54) is 4.90 Å². The van der Waals surface area contributed by atoms with Crippen LogP contribution in [0.3, 0.4) is 0 Å². The molecule has 1 unspecified atom stereocenters. The lowest BCUT2D eigenvalue weighted by Crippen LogP contribution is -1.97. The summed E-state index contributed by atoms with van der Waals surface area (Å²) < 4.78 is 0. The zero-order valence-electron chi connectivity index (χ0n) is 11.4. The van der Waals surface area contributed by atoms with E-state index in [1.54, 1.807) is 11.8 Å². The molecular formula is C18H14BrNS. The fraction of sp³-hybridized carbons (Fsp3) is 0.167. The highest BCUT2D eigenvalue weighted by Gasteiger charge is 2.14. The highest BCUT2D eigenvalue weighted by Crippen LogP contribution is 2.35. The lowest BCUT2D eigenvalue weighted by molar-refractivity contribution is 0.759. The molecule has 0 heterocycles. The van der Waals surface area contributed by atoms with Crippen LogP contribution in [-0.4, -0.2) is 0 Å². The molecule has 0 spiro atoms. The SMILES string of the molecule is N#CC(CCC#CBr)c1ccccc1Sc1ccccc1. The van der Waals surface area contributed by atoms with Gasteiger partial charge in [0.15, 0.2) is 0 Å². The summed E-state index contributed by atoms with van der Waals surface area (Å²) in [4.78, 5) is 5.02. The van der Waals surface area contributed by atoms with Gasteiger partial charge >= 0.3 is 0 Å². The molecule has 0 aliphatic heterocycles. The Morgan fingerprint density at radius 1 is 1.05 bits per heavy atom. The number of benzene rings is 2. The van der Waals surface area contributed by atoms with Gasteiger partial charge in [0, 0.05) is 32.1 Å². The van der Waals surface area contributed by atoms with Crippen molar-refractivity contribution in [2.24, 2.45) is 0 Å². The molecule has 0 saturated carbocycles. The van der Waals surface area contributed by atoms with Gasteiger partial charge in [-0.1, -0.05) is 54.1 Å². The number of hydrogen-bond acceptors (Lipinski definition) is 2.